The number of nitrogens with one attached hydrogen (secondary N) is 2. The number of fused-ring (bicyclic) bond motifs is 1. The van der Waals surface area contributed by atoms with Crippen molar-refractivity contribution in [2.24, 2.45) is 5.73 Å². The van der Waals surface area contributed by atoms with Gasteiger partial charge >= 0.3 is 0 Å². The van der Waals surface area contributed by atoms with Crippen molar-refractivity contribution in [3.63, 3.8) is 0 Å². The van der Waals surface area contributed by atoms with Crippen molar-refractivity contribution in [2.45, 2.75) is 13.0 Å². The first-order chi connectivity index (χ1) is 9.52. The lowest BCUT2D eigenvalue weighted by Crippen LogP contribution is -2.27. The smallest absolute Gasteiger partial charge is 0.239 e. The Morgan fingerprint density at radius 1 is 1.50 bits per heavy atom. The summed E-state index contributed by atoms with van der Waals surface area (Å²) >= 11 is 6.15. The number of amides is 1. The van der Waals surface area contributed by atoms with E-state index in [2.05, 4.69) is 15.6 Å². The van der Waals surface area contributed by atoms with Gasteiger partial charge in [-0.05, 0) is 19.1 Å². The summed E-state index contributed by atoms with van der Waals surface area (Å²) in [4.78, 5) is 15.8. The van der Waals surface area contributed by atoms with E-state index < -0.39 is 0 Å². The number of para-hydroxylation sites is 1. The van der Waals surface area contributed by atoms with E-state index in [9.17, 15) is 4.79 Å². The molecule has 2 aromatic rings. The molecule has 106 valence electrons. The van der Waals surface area contributed by atoms with Crippen molar-refractivity contribution in [3.8, 4) is 0 Å². The first-order valence-corrected chi connectivity index (χ1v) is 6.70. The summed E-state index contributed by atoms with van der Waals surface area (Å²) in [7, 11) is 1.58. The topological polar surface area (TPSA) is 80.0 Å². The van der Waals surface area contributed by atoms with Crippen molar-refractivity contribution in [1.29, 1.82) is 0 Å². The second kappa shape index (κ2) is 6.07. The standard InChI is InChI=1S/C14H17ClN4O/c1-8(16)10-6-9-4-3-5-11(15)13(9)19-14(10)18-7-12(20)17-2/h3-6,8H,7,16H2,1-2H3,(H,17,20)(H,18,19)/t8-/m0/s1. The maximum Gasteiger partial charge on any atom is 0.239 e. The quantitative estimate of drug-likeness (QED) is 0.806. The van der Waals surface area contributed by atoms with E-state index in [1.54, 1.807) is 13.1 Å². The number of halogens is 1. The molecule has 1 heterocycles. The molecule has 2 rings (SSSR count). The summed E-state index contributed by atoms with van der Waals surface area (Å²) in [6.07, 6.45) is 0. The van der Waals surface area contributed by atoms with Crippen LogP contribution in [0.1, 0.15) is 18.5 Å². The highest BCUT2D eigenvalue weighted by Gasteiger charge is 2.12. The first-order valence-electron chi connectivity index (χ1n) is 6.32. The summed E-state index contributed by atoms with van der Waals surface area (Å²) in [5, 5.41) is 7.05. The Balaban J connectivity index is 2.46. The maximum atomic E-state index is 11.3. The van der Waals surface area contributed by atoms with E-state index in [1.807, 2.05) is 25.1 Å². The maximum absolute atomic E-state index is 11.3. The third-order valence-electron chi connectivity index (χ3n) is 3.01. The van der Waals surface area contributed by atoms with Gasteiger partial charge in [-0.1, -0.05) is 23.7 Å². The van der Waals surface area contributed by atoms with E-state index in [-0.39, 0.29) is 18.5 Å². The van der Waals surface area contributed by atoms with Crippen LogP contribution >= 0.6 is 11.6 Å². The molecule has 0 unspecified atom stereocenters. The number of anilines is 1. The van der Waals surface area contributed by atoms with Crippen LogP contribution < -0.4 is 16.4 Å². The molecule has 6 heteroatoms. The van der Waals surface area contributed by atoms with Crippen LogP contribution in [0.3, 0.4) is 0 Å². The fourth-order valence-corrected chi connectivity index (χ4v) is 2.14. The average molecular weight is 293 g/mol. The number of hydrogen-bond donors (Lipinski definition) is 3. The van der Waals surface area contributed by atoms with Gasteiger partial charge < -0.3 is 16.4 Å². The molecule has 0 radical (unpaired) electrons. The number of likely N-dealkylation sites (N-methyl/N-ethyl adjacent to an activating group) is 1. The highest BCUT2D eigenvalue weighted by Crippen LogP contribution is 2.28. The highest BCUT2D eigenvalue weighted by atomic mass is 35.5. The molecule has 1 aromatic heterocycles. The van der Waals surface area contributed by atoms with Gasteiger partial charge in [-0.3, -0.25) is 4.79 Å². The number of aromatic nitrogens is 1. The SMILES string of the molecule is CNC(=O)CNc1nc2c(Cl)cccc2cc1[C@H](C)N. The fourth-order valence-electron chi connectivity index (χ4n) is 1.92. The summed E-state index contributed by atoms with van der Waals surface area (Å²) in [6, 6.07) is 7.34. The second-order valence-corrected chi connectivity index (χ2v) is 4.96. The molecule has 20 heavy (non-hydrogen) atoms. The van der Waals surface area contributed by atoms with Crippen LogP contribution in [0.4, 0.5) is 5.82 Å². The van der Waals surface area contributed by atoms with Gasteiger partial charge in [0.05, 0.1) is 17.1 Å². The lowest BCUT2D eigenvalue weighted by Gasteiger charge is -2.15. The zero-order chi connectivity index (χ0) is 14.7. The number of carbonyl (C=O) groups excluding carboxylic acids is 1. The Bertz CT molecular complexity index is 642. The van der Waals surface area contributed by atoms with Gasteiger partial charge in [-0.2, -0.15) is 0 Å². The van der Waals surface area contributed by atoms with E-state index >= 15 is 0 Å². The van der Waals surface area contributed by atoms with Crippen molar-refractivity contribution >= 4 is 34.2 Å². The van der Waals surface area contributed by atoms with Gasteiger partial charge in [0.15, 0.2) is 0 Å². The molecule has 1 atom stereocenters. The van der Waals surface area contributed by atoms with Crippen molar-refractivity contribution < 1.29 is 4.79 Å². The van der Waals surface area contributed by atoms with E-state index in [0.717, 1.165) is 10.9 Å². The van der Waals surface area contributed by atoms with Crippen LogP contribution in [0.25, 0.3) is 10.9 Å². The molecule has 0 aliphatic heterocycles. The minimum atomic E-state index is -0.196. The molecule has 0 aliphatic carbocycles. The Labute approximate surface area is 122 Å². The summed E-state index contributed by atoms with van der Waals surface area (Å²) in [5.74, 6) is 0.464. The lowest BCUT2D eigenvalue weighted by molar-refractivity contribution is -0.118. The summed E-state index contributed by atoms with van der Waals surface area (Å²) in [5.41, 5.74) is 7.51. The molecule has 5 nitrogen and oxygen atoms in total. The zero-order valence-electron chi connectivity index (χ0n) is 11.4. The van der Waals surface area contributed by atoms with Crippen LogP contribution in [0.15, 0.2) is 24.3 Å². The van der Waals surface area contributed by atoms with E-state index in [1.165, 1.54) is 0 Å². The average Bonchev–Trinajstić information content (AvgIpc) is 2.44. The van der Waals surface area contributed by atoms with Crippen LogP contribution in [0, 0.1) is 0 Å². The summed E-state index contributed by atoms with van der Waals surface area (Å²) < 4.78 is 0. The molecule has 0 bridgehead atoms. The van der Waals surface area contributed by atoms with Crippen LogP contribution in [0.5, 0.6) is 0 Å². The highest BCUT2D eigenvalue weighted by molar-refractivity contribution is 6.35. The Morgan fingerprint density at radius 2 is 2.25 bits per heavy atom. The van der Waals surface area contributed by atoms with E-state index in [0.29, 0.717) is 16.4 Å². The van der Waals surface area contributed by atoms with Crippen molar-refractivity contribution in [1.82, 2.24) is 10.3 Å². The first kappa shape index (κ1) is 14.6. The van der Waals surface area contributed by atoms with Gasteiger partial charge in [0.2, 0.25) is 5.91 Å². The summed E-state index contributed by atoms with van der Waals surface area (Å²) in [6.45, 7) is 2.01. The minimum Gasteiger partial charge on any atom is -0.361 e. The number of pyridine rings is 1. The van der Waals surface area contributed by atoms with Crippen LogP contribution in [-0.4, -0.2) is 24.5 Å². The molecule has 0 aliphatic rings. The number of nitrogens with two attached hydrogens (primary N) is 1. The normalized spacial score (nSPS) is 12.2. The van der Waals surface area contributed by atoms with Gasteiger partial charge in [-0.25, -0.2) is 4.98 Å². The number of carbonyl (C=O) groups is 1. The predicted molar refractivity (Wildman–Crippen MR) is 81.9 cm³/mol. The third-order valence-corrected chi connectivity index (χ3v) is 3.32. The van der Waals surface area contributed by atoms with Gasteiger partial charge in [0.25, 0.3) is 0 Å². The number of nitrogens with zero attached hydrogens (tertiary/aromatic N) is 1. The molecular formula is C14H17ClN4O. The van der Waals surface area contributed by atoms with Gasteiger partial charge in [-0.15, -0.1) is 0 Å². The number of benzene rings is 1. The molecule has 1 amide bonds. The van der Waals surface area contributed by atoms with Gasteiger partial charge in [0, 0.05) is 24.0 Å². The monoisotopic (exact) mass is 292 g/mol. The Hall–Kier alpha value is -1.85. The molecule has 4 N–H and O–H groups in total. The fraction of sp³-hybridized carbons (Fsp3) is 0.286. The number of hydrogen-bond acceptors (Lipinski definition) is 4. The number of rotatable bonds is 4. The van der Waals surface area contributed by atoms with Crippen molar-refractivity contribution in [2.75, 3.05) is 18.9 Å². The molecule has 0 spiro atoms. The van der Waals surface area contributed by atoms with Gasteiger partial charge in [0.1, 0.15) is 5.82 Å². The second-order valence-electron chi connectivity index (χ2n) is 4.55. The Kier molecular flexibility index (Phi) is 4.42. The Morgan fingerprint density at radius 3 is 2.90 bits per heavy atom. The minimum absolute atomic E-state index is 0.123. The zero-order valence-corrected chi connectivity index (χ0v) is 12.2. The third kappa shape index (κ3) is 3.00. The molecule has 0 saturated carbocycles. The molecule has 0 saturated heterocycles. The lowest BCUT2D eigenvalue weighted by atomic mass is 10.1. The van der Waals surface area contributed by atoms with Crippen LogP contribution in [-0.2, 0) is 4.79 Å². The van der Waals surface area contributed by atoms with Crippen molar-refractivity contribution in [3.05, 3.63) is 34.9 Å². The molecular weight excluding hydrogens is 276 g/mol. The van der Waals surface area contributed by atoms with Crippen LogP contribution in [0.2, 0.25) is 5.02 Å². The molecule has 0 fully saturated rings. The molecule has 1 aromatic carbocycles. The van der Waals surface area contributed by atoms with E-state index in [4.69, 9.17) is 17.3 Å². The largest absolute Gasteiger partial charge is 0.361 e. The predicted octanol–water partition coefficient (Wildman–Crippen LogP) is 2.07.